The van der Waals surface area contributed by atoms with Crippen LogP contribution in [0.1, 0.15) is 17.9 Å². The van der Waals surface area contributed by atoms with Crippen molar-refractivity contribution in [3.63, 3.8) is 0 Å². The summed E-state index contributed by atoms with van der Waals surface area (Å²) in [6.07, 6.45) is 9.46. The van der Waals surface area contributed by atoms with E-state index in [-0.39, 0.29) is 0 Å². The third kappa shape index (κ3) is 1.64. The zero-order valence-corrected chi connectivity index (χ0v) is 7.98. The first kappa shape index (κ1) is 8.88. The number of hydrogen-bond donors (Lipinski definition) is 2. The van der Waals surface area contributed by atoms with Crippen molar-refractivity contribution in [2.45, 2.75) is 12.3 Å². The summed E-state index contributed by atoms with van der Waals surface area (Å²) in [5.74, 6) is 0.403. The molecule has 2 heteroatoms. The van der Waals surface area contributed by atoms with Gasteiger partial charge in [0.15, 0.2) is 0 Å². The van der Waals surface area contributed by atoms with Gasteiger partial charge in [-0.1, -0.05) is 30.4 Å². The van der Waals surface area contributed by atoms with Gasteiger partial charge in [-0.25, -0.2) is 0 Å². The molecule has 1 aliphatic carbocycles. The molecule has 1 atom stereocenters. The highest BCUT2D eigenvalue weighted by molar-refractivity contribution is 5.58. The van der Waals surface area contributed by atoms with Gasteiger partial charge in [0.2, 0.25) is 0 Å². The average molecular weight is 186 g/mol. The molecule has 2 rings (SSSR count). The first-order chi connectivity index (χ1) is 6.77. The van der Waals surface area contributed by atoms with E-state index in [4.69, 9.17) is 11.5 Å². The lowest BCUT2D eigenvalue weighted by molar-refractivity contribution is 0.857. The number of benzene rings is 1. The zero-order chi connectivity index (χ0) is 9.97. The zero-order valence-electron chi connectivity index (χ0n) is 7.98. The van der Waals surface area contributed by atoms with E-state index in [1.165, 1.54) is 5.56 Å². The molecule has 14 heavy (non-hydrogen) atoms. The molecule has 72 valence electrons. The predicted octanol–water partition coefficient (Wildman–Crippen LogP) is 2.45. The van der Waals surface area contributed by atoms with Crippen LogP contribution in [0.3, 0.4) is 0 Å². The first-order valence-corrected chi connectivity index (χ1v) is 4.75. The van der Waals surface area contributed by atoms with Gasteiger partial charge in [-0.15, -0.1) is 0 Å². The number of allylic oxidation sites excluding steroid dienone is 4. The van der Waals surface area contributed by atoms with Gasteiger partial charge in [0.05, 0.1) is 0 Å². The molecular formula is C12H14N2. The largest absolute Gasteiger partial charge is 0.399 e. The summed E-state index contributed by atoms with van der Waals surface area (Å²) >= 11 is 0. The van der Waals surface area contributed by atoms with E-state index in [0.29, 0.717) is 5.92 Å². The summed E-state index contributed by atoms with van der Waals surface area (Å²) in [5.41, 5.74) is 14.2. The molecule has 0 fully saturated rings. The van der Waals surface area contributed by atoms with Crippen LogP contribution in [-0.2, 0) is 0 Å². The van der Waals surface area contributed by atoms with Crippen LogP contribution in [0.15, 0.2) is 42.5 Å². The van der Waals surface area contributed by atoms with Gasteiger partial charge in [0.1, 0.15) is 0 Å². The molecule has 0 saturated heterocycles. The molecular weight excluding hydrogens is 172 g/mol. The number of hydrogen-bond acceptors (Lipinski definition) is 2. The topological polar surface area (TPSA) is 52.0 Å². The average Bonchev–Trinajstić information content (AvgIpc) is 2.19. The second-order valence-corrected chi connectivity index (χ2v) is 3.54. The summed E-state index contributed by atoms with van der Waals surface area (Å²) in [6.45, 7) is 0. The number of rotatable bonds is 1. The third-order valence-electron chi connectivity index (χ3n) is 2.49. The highest BCUT2D eigenvalue weighted by Crippen LogP contribution is 2.29. The van der Waals surface area contributed by atoms with E-state index in [2.05, 4.69) is 24.3 Å². The highest BCUT2D eigenvalue weighted by atomic mass is 14.6. The second kappa shape index (κ2) is 3.58. The third-order valence-corrected chi connectivity index (χ3v) is 2.49. The Labute approximate surface area is 83.9 Å². The highest BCUT2D eigenvalue weighted by Gasteiger charge is 2.11. The quantitative estimate of drug-likeness (QED) is 0.662. The van der Waals surface area contributed by atoms with Gasteiger partial charge in [-0.05, 0) is 24.1 Å². The SMILES string of the molecule is Nc1ccc([C@@H]2C=CC=CC2)c(N)c1. The fourth-order valence-corrected chi connectivity index (χ4v) is 1.74. The van der Waals surface area contributed by atoms with Crippen molar-refractivity contribution >= 4 is 11.4 Å². The van der Waals surface area contributed by atoms with Gasteiger partial charge in [-0.2, -0.15) is 0 Å². The van der Waals surface area contributed by atoms with Crippen molar-refractivity contribution in [3.05, 3.63) is 48.1 Å². The van der Waals surface area contributed by atoms with Gasteiger partial charge in [0, 0.05) is 17.3 Å². The van der Waals surface area contributed by atoms with E-state index >= 15 is 0 Å². The van der Waals surface area contributed by atoms with Crippen LogP contribution >= 0.6 is 0 Å². The van der Waals surface area contributed by atoms with Crippen molar-refractivity contribution in [2.24, 2.45) is 0 Å². The van der Waals surface area contributed by atoms with Crippen LogP contribution < -0.4 is 11.5 Å². The molecule has 1 aliphatic rings. The second-order valence-electron chi connectivity index (χ2n) is 3.54. The van der Waals surface area contributed by atoms with Crippen molar-refractivity contribution in [1.29, 1.82) is 0 Å². The monoisotopic (exact) mass is 186 g/mol. The van der Waals surface area contributed by atoms with Crippen molar-refractivity contribution < 1.29 is 0 Å². The molecule has 0 unspecified atom stereocenters. The van der Waals surface area contributed by atoms with E-state index < -0.39 is 0 Å². The smallest absolute Gasteiger partial charge is 0.0373 e. The minimum absolute atomic E-state index is 0.403. The van der Waals surface area contributed by atoms with Gasteiger partial charge in [-0.3, -0.25) is 0 Å². The molecule has 0 spiro atoms. The molecule has 0 saturated carbocycles. The van der Waals surface area contributed by atoms with Crippen molar-refractivity contribution in [2.75, 3.05) is 11.5 Å². The van der Waals surface area contributed by atoms with Crippen LogP contribution in [-0.4, -0.2) is 0 Å². The number of nitrogens with two attached hydrogens (primary N) is 2. The predicted molar refractivity (Wildman–Crippen MR) is 60.9 cm³/mol. The molecule has 0 bridgehead atoms. The Kier molecular flexibility index (Phi) is 2.27. The Balaban J connectivity index is 2.32. The van der Waals surface area contributed by atoms with Crippen LogP contribution in [0.4, 0.5) is 11.4 Å². The molecule has 0 heterocycles. The summed E-state index contributed by atoms with van der Waals surface area (Å²) in [6, 6.07) is 5.73. The minimum atomic E-state index is 0.403. The summed E-state index contributed by atoms with van der Waals surface area (Å²) in [5, 5.41) is 0. The molecule has 1 aromatic rings. The van der Waals surface area contributed by atoms with Crippen LogP contribution in [0.25, 0.3) is 0 Å². The van der Waals surface area contributed by atoms with Gasteiger partial charge >= 0.3 is 0 Å². The maximum Gasteiger partial charge on any atom is 0.0373 e. The van der Waals surface area contributed by atoms with E-state index in [0.717, 1.165) is 17.8 Å². The van der Waals surface area contributed by atoms with E-state index in [1.807, 2.05) is 18.2 Å². The van der Waals surface area contributed by atoms with Crippen molar-refractivity contribution in [1.82, 2.24) is 0 Å². The van der Waals surface area contributed by atoms with Gasteiger partial charge in [0.25, 0.3) is 0 Å². The first-order valence-electron chi connectivity index (χ1n) is 4.75. The molecule has 0 amide bonds. The van der Waals surface area contributed by atoms with Crippen LogP contribution in [0, 0.1) is 0 Å². The Hall–Kier alpha value is -1.70. The lowest BCUT2D eigenvalue weighted by atomic mass is 9.91. The number of anilines is 2. The fraction of sp³-hybridized carbons (Fsp3) is 0.167. The van der Waals surface area contributed by atoms with Crippen LogP contribution in [0.2, 0.25) is 0 Å². The standard InChI is InChI=1S/C12H14N2/c13-10-6-7-11(12(14)8-10)9-4-2-1-3-5-9/h1-4,6-9H,5,13-14H2/t9-/m1/s1. The number of nitrogen functional groups attached to an aromatic ring is 2. The van der Waals surface area contributed by atoms with E-state index in [1.54, 1.807) is 0 Å². The van der Waals surface area contributed by atoms with Crippen molar-refractivity contribution in [3.8, 4) is 0 Å². The van der Waals surface area contributed by atoms with E-state index in [9.17, 15) is 0 Å². The lowest BCUT2D eigenvalue weighted by Gasteiger charge is -2.15. The van der Waals surface area contributed by atoms with Gasteiger partial charge < -0.3 is 11.5 Å². The fourth-order valence-electron chi connectivity index (χ4n) is 1.74. The Bertz CT molecular complexity index is 391. The molecule has 2 nitrogen and oxygen atoms in total. The Morgan fingerprint density at radius 1 is 1.14 bits per heavy atom. The summed E-state index contributed by atoms with van der Waals surface area (Å²) < 4.78 is 0. The maximum atomic E-state index is 5.91. The Morgan fingerprint density at radius 3 is 2.64 bits per heavy atom. The normalized spacial score (nSPS) is 19.9. The maximum absolute atomic E-state index is 5.91. The molecule has 0 aliphatic heterocycles. The van der Waals surface area contributed by atoms with Crippen LogP contribution in [0.5, 0.6) is 0 Å². The lowest BCUT2D eigenvalue weighted by Crippen LogP contribution is -2.02. The Morgan fingerprint density at radius 2 is 2.00 bits per heavy atom. The summed E-state index contributed by atoms with van der Waals surface area (Å²) in [4.78, 5) is 0. The molecule has 1 aromatic carbocycles. The minimum Gasteiger partial charge on any atom is -0.399 e. The molecule has 4 N–H and O–H groups in total. The summed E-state index contributed by atoms with van der Waals surface area (Å²) in [7, 11) is 0. The molecule has 0 radical (unpaired) electrons. The molecule has 0 aromatic heterocycles.